The number of rotatable bonds is 3. The van der Waals surface area contributed by atoms with Gasteiger partial charge in [-0.05, 0) is 18.1 Å². The summed E-state index contributed by atoms with van der Waals surface area (Å²) in [5.74, 6) is 0.325. The van der Waals surface area contributed by atoms with Crippen LogP contribution in [0.5, 0.6) is 5.75 Å². The van der Waals surface area contributed by atoms with E-state index in [0.717, 1.165) is 4.68 Å². The molecule has 0 saturated carbocycles. The van der Waals surface area contributed by atoms with Crippen LogP contribution in [0, 0.1) is 5.92 Å². The van der Waals surface area contributed by atoms with Gasteiger partial charge in [0, 0.05) is 24.3 Å². The average Bonchev–Trinajstić information content (AvgIpc) is 2.62. The van der Waals surface area contributed by atoms with Crippen LogP contribution >= 0.6 is 23.2 Å². The van der Waals surface area contributed by atoms with E-state index in [1.807, 2.05) is 13.8 Å². The maximum Gasteiger partial charge on any atom is 0.344 e. The average molecular weight is 423 g/mol. The van der Waals surface area contributed by atoms with E-state index in [0.29, 0.717) is 11.1 Å². The summed E-state index contributed by atoms with van der Waals surface area (Å²) < 4.78 is 6.70. The number of carbonyl (C=O) groups excluding carboxylic acids is 1. The van der Waals surface area contributed by atoms with Gasteiger partial charge in [0.1, 0.15) is 6.54 Å². The molecule has 1 aromatic carbocycles. The number of ether oxygens (including phenoxy) is 1. The summed E-state index contributed by atoms with van der Waals surface area (Å²) in [6.45, 7) is 3.79. The summed E-state index contributed by atoms with van der Waals surface area (Å²) in [6, 6.07) is 2.90. The SMILES string of the molecule is CC(C)C1=CC(Oc2c(Cl)cc(-c3nn(C)c(=O)[nH]c3=O)cc2Cl)=NCC1=O. The quantitative estimate of drug-likeness (QED) is 0.816. The van der Waals surface area contributed by atoms with Gasteiger partial charge in [-0.3, -0.25) is 14.6 Å². The first-order valence-electron chi connectivity index (χ1n) is 8.31. The van der Waals surface area contributed by atoms with Crippen LogP contribution in [0.15, 0.2) is 38.4 Å². The highest BCUT2D eigenvalue weighted by Crippen LogP contribution is 2.37. The molecule has 3 rings (SSSR count). The largest absolute Gasteiger partial charge is 0.436 e. The van der Waals surface area contributed by atoms with E-state index < -0.39 is 11.2 Å². The Morgan fingerprint density at radius 3 is 2.43 bits per heavy atom. The van der Waals surface area contributed by atoms with Crippen molar-refractivity contribution in [3.8, 4) is 17.0 Å². The number of benzene rings is 1. The van der Waals surface area contributed by atoms with E-state index in [1.54, 1.807) is 6.08 Å². The lowest BCUT2D eigenvalue weighted by atomic mass is 9.97. The van der Waals surface area contributed by atoms with Crippen molar-refractivity contribution in [3.63, 3.8) is 0 Å². The van der Waals surface area contributed by atoms with Crippen LogP contribution in [0.2, 0.25) is 10.0 Å². The number of carbonyl (C=O) groups is 1. The Morgan fingerprint density at radius 2 is 1.82 bits per heavy atom. The van der Waals surface area contributed by atoms with Gasteiger partial charge in [-0.25, -0.2) is 14.5 Å². The Kier molecular flexibility index (Phi) is 5.53. The first kappa shape index (κ1) is 20.0. The molecule has 2 heterocycles. The molecule has 0 bridgehead atoms. The third-order valence-electron chi connectivity index (χ3n) is 4.06. The Morgan fingerprint density at radius 1 is 1.18 bits per heavy atom. The van der Waals surface area contributed by atoms with Crippen LogP contribution in [-0.4, -0.2) is 33.0 Å². The molecule has 0 unspecified atom stereocenters. The van der Waals surface area contributed by atoms with Gasteiger partial charge in [0.05, 0.1) is 10.0 Å². The van der Waals surface area contributed by atoms with Gasteiger partial charge in [0.15, 0.2) is 17.2 Å². The normalized spacial score (nSPS) is 14.1. The second-order valence-electron chi connectivity index (χ2n) is 6.43. The Labute approximate surface area is 169 Å². The standard InChI is InChI=1S/C18H16Cl2N4O4/c1-8(2)10-6-14(21-7-13(10)25)28-16-11(19)4-9(5-12(16)20)15-17(26)22-18(27)24(3)23-15/h4-6,8H,7H2,1-3H3,(H,22,26,27). The molecule has 0 radical (unpaired) electrons. The van der Waals surface area contributed by atoms with Gasteiger partial charge >= 0.3 is 5.69 Å². The van der Waals surface area contributed by atoms with E-state index in [9.17, 15) is 14.4 Å². The highest BCUT2D eigenvalue weighted by atomic mass is 35.5. The van der Waals surface area contributed by atoms with Crippen LogP contribution < -0.4 is 16.0 Å². The fourth-order valence-electron chi connectivity index (χ4n) is 2.62. The molecule has 0 saturated heterocycles. The molecule has 1 aromatic heterocycles. The molecule has 28 heavy (non-hydrogen) atoms. The van der Waals surface area contributed by atoms with Crippen LogP contribution in [0.25, 0.3) is 11.3 Å². The molecule has 2 aromatic rings. The predicted octanol–water partition coefficient (Wildman–Crippen LogP) is 2.38. The number of hydrogen-bond acceptors (Lipinski definition) is 6. The molecule has 1 aliphatic rings. The lowest BCUT2D eigenvalue weighted by Crippen LogP contribution is -2.31. The topological polar surface area (TPSA) is 106 Å². The zero-order chi connectivity index (χ0) is 20.6. The molecule has 8 nitrogen and oxygen atoms in total. The Balaban J connectivity index is 1.98. The molecule has 0 spiro atoms. The summed E-state index contributed by atoms with van der Waals surface area (Å²) in [7, 11) is 1.41. The fourth-order valence-corrected chi connectivity index (χ4v) is 3.18. The monoisotopic (exact) mass is 422 g/mol. The maximum atomic E-state index is 12.0. The number of aromatic amines is 1. The van der Waals surface area contributed by atoms with Crippen molar-refractivity contribution in [2.75, 3.05) is 6.54 Å². The first-order chi connectivity index (χ1) is 13.2. The second-order valence-corrected chi connectivity index (χ2v) is 7.25. The van der Waals surface area contributed by atoms with Gasteiger partial charge in [0.2, 0.25) is 5.90 Å². The highest BCUT2D eigenvalue weighted by molar-refractivity contribution is 6.38. The van der Waals surface area contributed by atoms with Crippen molar-refractivity contribution in [1.29, 1.82) is 0 Å². The van der Waals surface area contributed by atoms with E-state index >= 15 is 0 Å². The predicted molar refractivity (Wildman–Crippen MR) is 106 cm³/mol. The Bertz CT molecular complexity index is 1120. The van der Waals surface area contributed by atoms with Gasteiger partial charge < -0.3 is 4.74 Å². The minimum Gasteiger partial charge on any atom is -0.436 e. The molecule has 0 aliphatic carbocycles. The van der Waals surface area contributed by atoms with Crippen LogP contribution in [0.3, 0.4) is 0 Å². The molecular weight excluding hydrogens is 407 g/mol. The number of nitrogens with zero attached hydrogens (tertiary/aromatic N) is 3. The third-order valence-corrected chi connectivity index (χ3v) is 4.62. The number of nitrogens with one attached hydrogen (secondary N) is 1. The van der Waals surface area contributed by atoms with Crippen LogP contribution in [-0.2, 0) is 11.8 Å². The fraction of sp³-hybridized carbons (Fsp3) is 0.278. The van der Waals surface area contributed by atoms with E-state index in [4.69, 9.17) is 27.9 Å². The molecular formula is C18H16Cl2N4O4. The number of aromatic nitrogens is 3. The van der Waals surface area contributed by atoms with Gasteiger partial charge in [-0.1, -0.05) is 37.0 Å². The zero-order valence-electron chi connectivity index (χ0n) is 15.2. The molecule has 0 fully saturated rings. The maximum absolute atomic E-state index is 12.0. The van der Waals surface area contributed by atoms with Gasteiger partial charge in [-0.2, -0.15) is 5.10 Å². The molecule has 10 heteroatoms. The van der Waals surface area contributed by atoms with E-state index in [2.05, 4.69) is 15.1 Å². The number of dihydropyridines is 1. The van der Waals surface area contributed by atoms with Gasteiger partial charge in [-0.15, -0.1) is 0 Å². The molecule has 0 atom stereocenters. The number of halogens is 2. The highest BCUT2D eigenvalue weighted by Gasteiger charge is 2.21. The lowest BCUT2D eigenvalue weighted by Gasteiger charge is -2.17. The lowest BCUT2D eigenvalue weighted by molar-refractivity contribution is -0.114. The van der Waals surface area contributed by atoms with Crippen molar-refractivity contribution in [2.24, 2.45) is 18.0 Å². The van der Waals surface area contributed by atoms with Crippen LogP contribution in [0.4, 0.5) is 0 Å². The molecule has 0 amide bonds. The van der Waals surface area contributed by atoms with E-state index in [1.165, 1.54) is 19.2 Å². The number of aliphatic imine (C=N–C) groups is 1. The van der Waals surface area contributed by atoms with E-state index in [-0.39, 0.29) is 45.6 Å². The minimum absolute atomic E-state index is 0.00991. The van der Waals surface area contributed by atoms with Crippen molar-refractivity contribution in [2.45, 2.75) is 13.8 Å². The minimum atomic E-state index is -0.663. The molecule has 146 valence electrons. The number of aryl methyl sites for hydroxylation is 1. The first-order valence-corrected chi connectivity index (χ1v) is 9.07. The summed E-state index contributed by atoms with van der Waals surface area (Å²) in [4.78, 5) is 41.6. The van der Waals surface area contributed by atoms with Gasteiger partial charge in [0.25, 0.3) is 5.56 Å². The molecule has 1 aliphatic heterocycles. The summed E-state index contributed by atoms with van der Waals surface area (Å²) in [5, 5.41) is 4.18. The smallest absolute Gasteiger partial charge is 0.344 e. The summed E-state index contributed by atoms with van der Waals surface area (Å²) in [6.07, 6.45) is 1.57. The number of Topliss-reactive ketones (excluding diaryl/α,β-unsaturated/α-hetero) is 1. The van der Waals surface area contributed by atoms with Crippen molar-refractivity contribution in [1.82, 2.24) is 14.8 Å². The van der Waals surface area contributed by atoms with Crippen molar-refractivity contribution >= 4 is 34.9 Å². The second kappa shape index (κ2) is 7.73. The number of hydrogen-bond donors (Lipinski definition) is 1. The third kappa shape index (κ3) is 3.93. The van der Waals surface area contributed by atoms with Crippen LogP contribution in [0.1, 0.15) is 13.8 Å². The summed E-state index contributed by atoms with van der Waals surface area (Å²) in [5.41, 5.74) is -0.389. The Hall–Kier alpha value is -2.71. The van der Waals surface area contributed by atoms with Crippen molar-refractivity contribution in [3.05, 3.63) is 54.7 Å². The van der Waals surface area contributed by atoms with Crippen molar-refractivity contribution < 1.29 is 9.53 Å². The molecule has 1 N–H and O–H groups in total. The summed E-state index contributed by atoms with van der Waals surface area (Å²) >= 11 is 12.6. The zero-order valence-corrected chi connectivity index (χ0v) is 16.8. The number of H-pyrrole nitrogens is 1. The number of ketones is 1.